The van der Waals surface area contributed by atoms with Crippen molar-refractivity contribution in [1.29, 1.82) is 0 Å². The minimum atomic E-state index is -2.19. The van der Waals surface area contributed by atoms with Crippen molar-refractivity contribution in [3.05, 3.63) is 48.0 Å². The summed E-state index contributed by atoms with van der Waals surface area (Å²) in [4.78, 5) is 24.8. The fraction of sp³-hybridized carbons (Fsp3) is 0.538. The van der Waals surface area contributed by atoms with Crippen LogP contribution in [0.1, 0.15) is 58.3 Å². The van der Waals surface area contributed by atoms with Crippen LogP contribution >= 0.6 is 0 Å². The van der Waals surface area contributed by atoms with Crippen molar-refractivity contribution >= 4 is 31.0 Å². The molecule has 0 aliphatic rings. The minimum Gasteiger partial charge on any atom is -0.481 e. The van der Waals surface area contributed by atoms with Crippen molar-refractivity contribution in [1.82, 2.24) is 5.32 Å². The summed E-state index contributed by atoms with van der Waals surface area (Å²) in [5.74, 6) is -1.50. The summed E-state index contributed by atoms with van der Waals surface area (Å²) in [6, 6.07) is 13.3. The number of hydrogen-bond acceptors (Lipinski definition) is 3. The van der Waals surface area contributed by atoms with Crippen molar-refractivity contribution in [2.75, 3.05) is 0 Å². The molecular formula is C26H39NO4Si. The zero-order chi connectivity index (χ0) is 24.3. The number of carbonyl (C=O) groups is 2. The Bertz CT molecular complexity index is 948. The Balaban J connectivity index is 2.34. The van der Waals surface area contributed by atoms with Crippen LogP contribution in [0.25, 0.3) is 10.8 Å². The molecule has 2 N–H and O–H groups in total. The molecule has 2 aromatic rings. The van der Waals surface area contributed by atoms with E-state index in [9.17, 15) is 14.7 Å². The Kier molecular flexibility index (Phi) is 8.29. The Labute approximate surface area is 193 Å². The molecule has 3 unspecified atom stereocenters. The highest BCUT2D eigenvalue weighted by Gasteiger charge is 2.42. The van der Waals surface area contributed by atoms with Crippen molar-refractivity contribution in [3.63, 3.8) is 0 Å². The van der Waals surface area contributed by atoms with E-state index >= 15 is 0 Å². The maximum Gasteiger partial charge on any atom is 0.306 e. The second kappa shape index (κ2) is 10.2. The maximum atomic E-state index is 13.2. The minimum absolute atomic E-state index is 0.0262. The van der Waals surface area contributed by atoms with E-state index in [1.807, 2.05) is 56.3 Å². The molecule has 0 aliphatic carbocycles. The third-order valence-electron chi connectivity index (χ3n) is 6.69. The molecule has 5 nitrogen and oxygen atoms in total. The third kappa shape index (κ3) is 6.42. The molecule has 0 saturated heterocycles. The van der Waals surface area contributed by atoms with Gasteiger partial charge in [-0.25, -0.2) is 0 Å². The lowest BCUT2D eigenvalue weighted by Gasteiger charge is -2.43. The van der Waals surface area contributed by atoms with Gasteiger partial charge in [0.05, 0.1) is 18.1 Å². The summed E-state index contributed by atoms with van der Waals surface area (Å²) in [5.41, 5.74) is 0.590. The van der Waals surface area contributed by atoms with Crippen LogP contribution in [0.3, 0.4) is 0 Å². The molecule has 0 fully saturated rings. The Morgan fingerprint density at radius 1 is 1.03 bits per heavy atom. The summed E-state index contributed by atoms with van der Waals surface area (Å²) >= 11 is 0. The van der Waals surface area contributed by atoms with Gasteiger partial charge in [-0.1, -0.05) is 71.9 Å². The van der Waals surface area contributed by atoms with E-state index in [0.717, 1.165) is 10.8 Å². The quantitative estimate of drug-likeness (QED) is 0.446. The second-order valence-corrected chi connectivity index (χ2v) is 15.5. The van der Waals surface area contributed by atoms with E-state index in [1.165, 1.54) is 0 Å². The first kappa shape index (κ1) is 26.1. The normalized spacial score (nSPS) is 15.4. The standard InChI is InChI=1S/C26H39NO4Si/c1-17(2)23(22(15-18(3)25(29)30)31-32(7,8)26(4,5)6)27-24(28)21-14-13-19-11-9-10-12-20(19)16-21/h9-14,16-18,22-23H,15H2,1-8H3,(H,27,28)(H,29,30). The molecule has 1 amide bonds. The molecule has 0 aliphatic heterocycles. The topological polar surface area (TPSA) is 75.6 Å². The van der Waals surface area contributed by atoms with Crippen LogP contribution in [0, 0.1) is 11.8 Å². The smallest absolute Gasteiger partial charge is 0.306 e. The fourth-order valence-electron chi connectivity index (χ4n) is 3.53. The molecule has 0 heterocycles. The molecule has 6 heteroatoms. The molecule has 2 aromatic carbocycles. The number of aliphatic carboxylic acids is 1. The van der Waals surface area contributed by atoms with Crippen LogP contribution in [0.4, 0.5) is 0 Å². The SMILES string of the molecule is CC(CC(O[Si](C)(C)C(C)(C)C)C(NC(=O)c1ccc2ccccc2c1)C(C)C)C(=O)O. The number of benzene rings is 2. The number of rotatable bonds is 9. The van der Waals surface area contributed by atoms with Gasteiger partial charge in [-0.3, -0.25) is 9.59 Å². The highest BCUT2D eigenvalue weighted by molar-refractivity contribution is 6.74. The monoisotopic (exact) mass is 457 g/mol. The highest BCUT2D eigenvalue weighted by atomic mass is 28.4. The van der Waals surface area contributed by atoms with Crippen molar-refractivity contribution < 1.29 is 19.1 Å². The zero-order valence-corrected chi connectivity index (χ0v) is 21.7. The number of carbonyl (C=O) groups excluding carboxylic acids is 1. The number of fused-ring (bicyclic) bond motifs is 1. The van der Waals surface area contributed by atoms with Gasteiger partial charge in [-0.05, 0) is 53.4 Å². The molecule has 176 valence electrons. The van der Waals surface area contributed by atoms with Crippen LogP contribution in [-0.2, 0) is 9.22 Å². The number of hydrogen-bond donors (Lipinski definition) is 2. The predicted octanol–water partition coefficient (Wildman–Crippen LogP) is 6.10. The largest absolute Gasteiger partial charge is 0.481 e. The van der Waals surface area contributed by atoms with E-state index < -0.39 is 20.2 Å². The fourth-order valence-corrected chi connectivity index (χ4v) is 4.88. The van der Waals surface area contributed by atoms with Crippen LogP contribution in [0.5, 0.6) is 0 Å². The molecule has 0 spiro atoms. The Morgan fingerprint density at radius 3 is 2.16 bits per heavy atom. The lowest BCUT2D eigenvalue weighted by molar-refractivity contribution is -0.142. The first-order valence-electron chi connectivity index (χ1n) is 11.4. The maximum absolute atomic E-state index is 13.2. The van der Waals surface area contributed by atoms with E-state index in [0.29, 0.717) is 12.0 Å². The Hall–Kier alpha value is -2.18. The molecule has 2 rings (SSSR count). The van der Waals surface area contributed by atoms with Crippen LogP contribution in [0.2, 0.25) is 18.1 Å². The van der Waals surface area contributed by atoms with Gasteiger partial charge in [-0.2, -0.15) is 0 Å². The first-order chi connectivity index (χ1) is 14.7. The summed E-state index contributed by atoms with van der Waals surface area (Å²) in [6.07, 6.45) is -0.0331. The highest BCUT2D eigenvalue weighted by Crippen LogP contribution is 2.39. The lowest BCUT2D eigenvalue weighted by Crippen LogP contribution is -2.54. The number of amides is 1. The Morgan fingerprint density at radius 2 is 1.62 bits per heavy atom. The average Bonchev–Trinajstić information content (AvgIpc) is 2.69. The van der Waals surface area contributed by atoms with Gasteiger partial charge in [0.1, 0.15) is 0 Å². The van der Waals surface area contributed by atoms with Crippen molar-refractivity contribution in [2.24, 2.45) is 11.8 Å². The second-order valence-electron chi connectivity index (χ2n) is 10.7. The molecule has 0 bridgehead atoms. The van der Waals surface area contributed by atoms with Gasteiger partial charge < -0.3 is 14.8 Å². The van der Waals surface area contributed by atoms with E-state index in [4.69, 9.17) is 4.43 Å². The van der Waals surface area contributed by atoms with Crippen LogP contribution in [0.15, 0.2) is 42.5 Å². The van der Waals surface area contributed by atoms with Crippen LogP contribution in [-0.4, -0.2) is 37.4 Å². The molecule has 0 aromatic heterocycles. The van der Waals surface area contributed by atoms with Gasteiger partial charge in [0.2, 0.25) is 0 Å². The summed E-state index contributed by atoms with van der Waals surface area (Å²) < 4.78 is 6.71. The first-order valence-corrected chi connectivity index (χ1v) is 14.3. The number of carboxylic acid groups (broad SMARTS) is 1. The van der Waals surface area contributed by atoms with E-state index in [2.05, 4.69) is 39.2 Å². The molecule has 0 radical (unpaired) electrons. The molecule has 32 heavy (non-hydrogen) atoms. The van der Waals surface area contributed by atoms with Gasteiger partial charge in [0.15, 0.2) is 8.32 Å². The van der Waals surface area contributed by atoms with Crippen LogP contribution < -0.4 is 5.32 Å². The van der Waals surface area contributed by atoms with E-state index in [1.54, 1.807) is 6.92 Å². The molecule has 3 atom stereocenters. The van der Waals surface area contributed by atoms with Gasteiger partial charge >= 0.3 is 5.97 Å². The third-order valence-corrected chi connectivity index (χ3v) is 11.2. The molecule has 0 saturated carbocycles. The number of carboxylic acids is 1. The average molecular weight is 458 g/mol. The van der Waals surface area contributed by atoms with Crippen molar-refractivity contribution in [3.8, 4) is 0 Å². The summed E-state index contributed by atoms with van der Waals surface area (Å²) in [5, 5.41) is 14.8. The van der Waals surface area contributed by atoms with Crippen molar-refractivity contribution in [2.45, 2.75) is 78.2 Å². The lowest BCUT2D eigenvalue weighted by atomic mass is 9.91. The zero-order valence-electron chi connectivity index (χ0n) is 20.7. The number of nitrogens with one attached hydrogen (secondary N) is 1. The molecular weight excluding hydrogens is 418 g/mol. The van der Waals surface area contributed by atoms with Gasteiger partial charge in [-0.15, -0.1) is 0 Å². The predicted molar refractivity (Wildman–Crippen MR) is 134 cm³/mol. The summed E-state index contributed by atoms with van der Waals surface area (Å²) in [6.45, 7) is 16.6. The van der Waals surface area contributed by atoms with Gasteiger partial charge in [0, 0.05) is 5.56 Å². The van der Waals surface area contributed by atoms with E-state index in [-0.39, 0.29) is 29.0 Å². The summed E-state index contributed by atoms with van der Waals surface area (Å²) in [7, 11) is -2.19. The van der Waals surface area contributed by atoms with Gasteiger partial charge in [0.25, 0.3) is 5.91 Å².